The molecule has 13 heavy (non-hydrogen) atoms. The summed E-state index contributed by atoms with van der Waals surface area (Å²) >= 11 is 1.64. The van der Waals surface area contributed by atoms with Crippen molar-refractivity contribution in [2.24, 2.45) is 0 Å². The van der Waals surface area contributed by atoms with Gasteiger partial charge in [0.1, 0.15) is 5.75 Å². The SMILES string of the molecule is COc1cc(CO)c(SC)cc1C. The largest absolute Gasteiger partial charge is 0.496 e. The molecule has 0 amide bonds. The average Bonchev–Trinajstić information content (AvgIpc) is 2.17. The minimum Gasteiger partial charge on any atom is -0.496 e. The highest BCUT2D eigenvalue weighted by atomic mass is 32.2. The Morgan fingerprint density at radius 3 is 2.62 bits per heavy atom. The Labute approximate surface area is 82.9 Å². The standard InChI is InChI=1S/C10H14O2S/c1-7-4-10(13-3)8(6-11)5-9(7)12-2/h4-5,11H,6H2,1-3H3. The first kappa shape index (κ1) is 10.4. The number of aryl methyl sites for hydroxylation is 1. The fourth-order valence-electron chi connectivity index (χ4n) is 1.24. The van der Waals surface area contributed by atoms with Crippen molar-refractivity contribution in [2.45, 2.75) is 18.4 Å². The second kappa shape index (κ2) is 4.53. The minimum absolute atomic E-state index is 0.0623. The van der Waals surface area contributed by atoms with E-state index in [2.05, 4.69) is 0 Å². The van der Waals surface area contributed by atoms with E-state index in [-0.39, 0.29) is 6.61 Å². The van der Waals surface area contributed by atoms with Gasteiger partial charge in [0.25, 0.3) is 0 Å². The van der Waals surface area contributed by atoms with Gasteiger partial charge in [0, 0.05) is 4.90 Å². The molecule has 0 aromatic heterocycles. The molecule has 72 valence electrons. The van der Waals surface area contributed by atoms with Gasteiger partial charge in [-0.15, -0.1) is 11.8 Å². The average molecular weight is 198 g/mol. The van der Waals surface area contributed by atoms with Crippen LogP contribution in [0.1, 0.15) is 11.1 Å². The van der Waals surface area contributed by atoms with E-state index < -0.39 is 0 Å². The summed E-state index contributed by atoms with van der Waals surface area (Å²) in [5.41, 5.74) is 2.03. The maximum Gasteiger partial charge on any atom is 0.122 e. The molecule has 0 heterocycles. The van der Waals surface area contributed by atoms with Crippen LogP contribution in [-0.2, 0) is 6.61 Å². The van der Waals surface area contributed by atoms with Crippen molar-refractivity contribution >= 4 is 11.8 Å². The lowest BCUT2D eigenvalue weighted by Crippen LogP contribution is -1.93. The number of ether oxygens (including phenoxy) is 1. The Bertz CT molecular complexity index is 297. The van der Waals surface area contributed by atoms with Crippen LogP contribution in [0.4, 0.5) is 0 Å². The number of methoxy groups -OCH3 is 1. The molecule has 0 aliphatic rings. The maximum atomic E-state index is 9.09. The Morgan fingerprint density at radius 1 is 1.46 bits per heavy atom. The van der Waals surface area contributed by atoms with Gasteiger partial charge in [0.05, 0.1) is 13.7 Å². The van der Waals surface area contributed by atoms with Crippen LogP contribution in [0.3, 0.4) is 0 Å². The van der Waals surface area contributed by atoms with Crippen LogP contribution >= 0.6 is 11.8 Å². The highest BCUT2D eigenvalue weighted by molar-refractivity contribution is 7.98. The number of benzene rings is 1. The van der Waals surface area contributed by atoms with Crippen LogP contribution in [0, 0.1) is 6.92 Å². The summed E-state index contributed by atoms with van der Waals surface area (Å²) in [6.45, 7) is 2.06. The monoisotopic (exact) mass is 198 g/mol. The second-order valence-electron chi connectivity index (χ2n) is 2.79. The highest BCUT2D eigenvalue weighted by Gasteiger charge is 2.05. The normalized spacial score (nSPS) is 10.2. The molecule has 0 saturated heterocycles. The zero-order valence-electron chi connectivity index (χ0n) is 8.13. The fraction of sp³-hybridized carbons (Fsp3) is 0.400. The molecule has 0 unspecified atom stereocenters. The third-order valence-corrected chi connectivity index (χ3v) is 2.79. The lowest BCUT2D eigenvalue weighted by atomic mass is 10.1. The van der Waals surface area contributed by atoms with E-state index in [4.69, 9.17) is 9.84 Å². The molecule has 0 atom stereocenters. The number of hydrogen-bond acceptors (Lipinski definition) is 3. The zero-order valence-corrected chi connectivity index (χ0v) is 8.94. The summed E-state index contributed by atoms with van der Waals surface area (Å²) in [7, 11) is 1.64. The Balaban J connectivity index is 3.18. The second-order valence-corrected chi connectivity index (χ2v) is 3.64. The quantitative estimate of drug-likeness (QED) is 0.755. The fourth-order valence-corrected chi connectivity index (χ4v) is 1.92. The first-order valence-corrected chi connectivity index (χ1v) is 5.27. The van der Waals surface area contributed by atoms with E-state index in [1.807, 2.05) is 25.3 Å². The number of aliphatic hydroxyl groups excluding tert-OH is 1. The van der Waals surface area contributed by atoms with Crippen LogP contribution in [0.2, 0.25) is 0 Å². The number of thioether (sulfide) groups is 1. The minimum atomic E-state index is 0.0623. The van der Waals surface area contributed by atoms with Crippen molar-refractivity contribution < 1.29 is 9.84 Å². The van der Waals surface area contributed by atoms with E-state index in [0.29, 0.717) is 0 Å². The van der Waals surface area contributed by atoms with Gasteiger partial charge < -0.3 is 9.84 Å². The Morgan fingerprint density at radius 2 is 2.15 bits per heavy atom. The predicted octanol–water partition coefficient (Wildman–Crippen LogP) is 2.22. The van der Waals surface area contributed by atoms with Crippen LogP contribution in [0.5, 0.6) is 5.75 Å². The summed E-state index contributed by atoms with van der Waals surface area (Å²) in [5, 5.41) is 9.09. The summed E-state index contributed by atoms with van der Waals surface area (Å²) in [5.74, 6) is 0.835. The maximum absolute atomic E-state index is 9.09. The van der Waals surface area contributed by atoms with Crippen molar-refractivity contribution in [1.82, 2.24) is 0 Å². The molecule has 0 spiro atoms. The van der Waals surface area contributed by atoms with E-state index in [1.54, 1.807) is 18.9 Å². The van der Waals surface area contributed by atoms with Gasteiger partial charge in [-0.05, 0) is 36.4 Å². The molecule has 0 radical (unpaired) electrons. The molecule has 0 aliphatic heterocycles. The predicted molar refractivity (Wildman–Crippen MR) is 55.4 cm³/mol. The van der Waals surface area contributed by atoms with Gasteiger partial charge in [0.2, 0.25) is 0 Å². The number of aliphatic hydroxyl groups is 1. The third kappa shape index (κ3) is 2.17. The molecule has 1 rings (SSSR count). The van der Waals surface area contributed by atoms with Gasteiger partial charge in [-0.25, -0.2) is 0 Å². The van der Waals surface area contributed by atoms with Crippen LogP contribution < -0.4 is 4.74 Å². The van der Waals surface area contributed by atoms with Crippen molar-refractivity contribution in [3.8, 4) is 5.75 Å². The summed E-state index contributed by atoms with van der Waals surface area (Å²) in [4.78, 5) is 1.11. The molecule has 2 nitrogen and oxygen atoms in total. The Hall–Kier alpha value is -0.670. The third-order valence-electron chi connectivity index (χ3n) is 1.97. The van der Waals surface area contributed by atoms with E-state index in [0.717, 1.165) is 21.8 Å². The molecular formula is C10H14O2S. The molecule has 0 aliphatic carbocycles. The first-order valence-electron chi connectivity index (χ1n) is 4.05. The molecular weight excluding hydrogens is 184 g/mol. The lowest BCUT2D eigenvalue weighted by Gasteiger charge is -2.10. The summed E-state index contributed by atoms with van der Waals surface area (Å²) < 4.78 is 5.17. The van der Waals surface area contributed by atoms with Crippen molar-refractivity contribution in [3.05, 3.63) is 23.3 Å². The van der Waals surface area contributed by atoms with Gasteiger partial charge in [-0.3, -0.25) is 0 Å². The zero-order chi connectivity index (χ0) is 9.84. The van der Waals surface area contributed by atoms with Crippen LogP contribution in [-0.4, -0.2) is 18.5 Å². The molecule has 1 N–H and O–H groups in total. The lowest BCUT2D eigenvalue weighted by molar-refractivity contribution is 0.278. The molecule has 1 aromatic carbocycles. The topological polar surface area (TPSA) is 29.5 Å². The van der Waals surface area contributed by atoms with Crippen LogP contribution in [0.15, 0.2) is 17.0 Å². The summed E-state index contributed by atoms with van der Waals surface area (Å²) in [6.07, 6.45) is 2.00. The Kier molecular flexibility index (Phi) is 3.63. The van der Waals surface area contributed by atoms with Gasteiger partial charge >= 0.3 is 0 Å². The van der Waals surface area contributed by atoms with Gasteiger partial charge in [-0.1, -0.05) is 0 Å². The number of rotatable bonds is 3. The van der Waals surface area contributed by atoms with E-state index >= 15 is 0 Å². The summed E-state index contributed by atoms with van der Waals surface area (Å²) in [6, 6.07) is 3.93. The molecule has 0 fully saturated rings. The smallest absolute Gasteiger partial charge is 0.122 e. The molecule has 1 aromatic rings. The van der Waals surface area contributed by atoms with Crippen molar-refractivity contribution in [2.75, 3.05) is 13.4 Å². The molecule has 3 heteroatoms. The van der Waals surface area contributed by atoms with Gasteiger partial charge in [-0.2, -0.15) is 0 Å². The first-order chi connectivity index (χ1) is 6.22. The van der Waals surface area contributed by atoms with E-state index in [1.165, 1.54) is 0 Å². The van der Waals surface area contributed by atoms with Gasteiger partial charge in [0.15, 0.2) is 0 Å². The van der Waals surface area contributed by atoms with Crippen molar-refractivity contribution in [3.63, 3.8) is 0 Å². The number of hydrogen-bond donors (Lipinski definition) is 1. The molecule has 0 bridgehead atoms. The van der Waals surface area contributed by atoms with E-state index in [9.17, 15) is 0 Å². The molecule has 0 saturated carbocycles. The van der Waals surface area contributed by atoms with Crippen molar-refractivity contribution in [1.29, 1.82) is 0 Å². The highest BCUT2D eigenvalue weighted by Crippen LogP contribution is 2.28. The van der Waals surface area contributed by atoms with Crippen LogP contribution in [0.25, 0.3) is 0 Å².